The lowest BCUT2D eigenvalue weighted by Gasteiger charge is -2.32. The quantitative estimate of drug-likeness (QED) is 0.691. The van der Waals surface area contributed by atoms with E-state index < -0.39 is 11.9 Å². The second-order valence-corrected chi connectivity index (χ2v) is 9.72. The van der Waals surface area contributed by atoms with Crippen LogP contribution in [0.15, 0.2) is 36.4 Å². The second-order valence-electron chi connectivity index (χ2n) is 9.72. The van der Waals surface area contributed by atoms with Crippen LogP contribution in [0.2, 0.25) is 0 Å². The number of rotatable bonds is 5. The molecule has 0 radical (unpaired) electrons. The van der Waals surface area contributed by atoms with Crippen LogP contribution >= 0.6 is 0 Å². The van der Waals surface area contributed by atoms with Gasteiger partial charge in [-0.1, -0.05) is 30.3 Å². The SMILES string of the molecule is Cc1ccccc1CCN1CCC(c2cc3c(cc2F)C(=O)N(C2CCC(=O)NC2=O)C3)CC1. The van der Waals surface area contributed by atoms with Gasteiger partial charge in [-0.2, -0.15) is 0 Å². The van der Waals surface area contributed by atoms with E-state index in [4.69, 9.17) is 0 Å². The lowest BCUT2D eigenvalue weighted by Crippen LogP contribution is -2.52. The van der Waals surface area contributed by atoms with Gasteiger partial charge in [0.2, 0.25) is 11.8 Å². The van der Waals surface area contributed by atoms with Crippen LogP contribution in [0.1, 0.15) is 64.2 Å². The first-order chi connectivity index (χ1) is 16.4. The van der Waals surface area contributed by atoms with Crippen LogP contribution in [0.4, 0.5) is 4.39 Å². The molecule has 1 N–H and O–H groups in total. The summed E-state index contributed by atoms with van der Waals surface area (Å²) >= 11 is 0. The van der Waals surface area contributed by atoms with Crippen LogP contribution in [0.3, 0.4) is 0 Å². The summed E-state index contributed by atoms with van der Waals surface area (Å²) in [5, 5.41) is 2.31. The molecule has 2 aromatic carbocycles. The summed E-state index contributed by atoms with van der Waals surface area (Å²) in [6.45, 7) is 5.27. The Morgan fingerprint density at radius 3 is 2.56 bits per heavy atom. The third-order valence-electron chi connectivity index (χ3n) is 7.63. The average molecular weight is 464 g/mol. The number of nitrogens with one attached hydrogen (secondary N) is 1. The number of hydrogen-bond donors (Lipinski definition) is 1. The predicted octanol–water partition coefficient (Wildman–Crippen LogP) is 3.32. The number of benzene rings is 2. The van der Waals surface area contributed by atoms with Gasteiger partial charge in [0.1, 0.15) is 11.9 Å². The van der Waals surface area contributed by atoms with E-state index in [1.807, 2.05) is 6.07 Å². The fourth-order valence-electron chi connectivity index (χ4n) is 5.56. The van der Waals surface area contributed by atoms with E-state index in [0.29, 0.717) is 17.5 Å². The smallest absolute Gasteiger partial charge is 0.255 e. The van der Waals surface area contributed by atoms with Gasteiger partial charge in [0.15, 0.2) is 0 Å². The molecule has 34 heavy (non-hydrogen) atoms. The van der Waals surface area contributed by atoms with Crippen molar-refractivity contribution in [2.24, 2.45) is 0 Å². The van der Waals surface area contributed by atoms with Crippen molar-refractivity contribution in [3.05, 3.63) is 70.0 Å². The van der Waals surface area contributed by atoms with E-state index in [0.717, 1.165) is 44.5 Å². The van der Waals surface area contributed by atoms with Crippen LogP contribution in [0.25, 0.3) is 0 Å². The topological polar surface area (TPSA) is 69.7 Å². The zero-order valence-corrected chi connectivity index (χ0v) is 19.5. The molecule has 1 unspecified atom stereocenters. The Morgan fingerprint density at radius 1 is 1.06 bits per heavy atom. The van der Waals surface area contributed by atoms with Gasteiger partial charge < -0.3 is 9.80 Å². The highest BCUT2D eigenvalue weighted by Crippen LogP contribution is 2.35. The number of carbonyl (C=O) groups excluding carboxylic acids is 3. The fourth-order valence-corrected chi connectivity index (χ4v) is 5.56. The molecule has 3 amide bonds. The zero-order chi connectivity index (χ0) is 23.8. The summed E-state index contributed by atoms with van der Waals surface area (Å²) in [5.41, 5.74) is 4.47. The molecule has 6 nitrogen and oxygen atoms in total. The minimum atomic E-state index is -0.680. The monoisotopic (exact) mass is 463 g/mol. The zero-order valence-electron chi connectivity index (χ0n) is 19.5. The van der Waals surface area contributed by atoms with Crippen molar-refractivity contribution < 1.29 is 18.8 Å². The minimum absolute atomic E-state index is 0.125. The van der Waals surface area contributed by atoms with E-state index in [2.05, 4.69) is 41.4 Å². The molecule has 1 atom stereocenters. The van der Waals surface area contributed by atoms with E-state index in [-0.39, 0.29) is 36.5 Å². The minimum Gasteiger partial charge on any atom is -0.322 e. The van der Waals surface area contributed by atoms with Gasteiger partial charge in [0.05, 0.1) is 0 Å². The van der Waals surface area contributed by atoms with Crippen molar-refractivity contribution in [1.82, 2.24) is 15.1 Å². The van der Waals surface area contributed by atoms with E-state index in [1.54, 1.807) is 0 Å². The molecule has 2 aromatic rings. The molecule has 3 aliphatic heterocycles. The lowest BCUT2D eigenvalue weighted by molar-refractivity contribution is -0.136. The molecule has 0 spiro atoms. The predicted molar refractivity (Wildman–Crippen MR) is 126 cm³/mol. The fraction of sp³-hybridized carbons (Fsp3) is 0.444. The summed E-state index contributed by atoms with van der Waals surface area (Å²) in [4.78, 5) is 40.5. The Hall–Kier alpha value is -3.06. The van der Waals surface area contributed by atoms with Gasteiger partial charge in [-0.15, -0.1) is 0 Å². The van der Waals surface area contributed by atoms with Crippen molar-refractivity contribution in [3.8, 4) is 0 Å². The third-order valence-corrected chi connectivity index (χ3v) is 7.63. The first-order valence-corrected chi connectivity index (χ1v) is 12.1. The third kappa shape index (κ3) is 4.37. The van der Waals surface area contributed by atoms with Crippen LogP contribution < -0.4 is 5.32 Å². The maximum Gasteiger partial charge on any atom is 0.255 e. The largest absolute Gasteiger partial charge is 0.322 e. The average Bonchev–Trinajstić information content (AvgIpc) is 3.13. The molecule has 7 heteroatoms. The summed E-state index contributed by atoms with van der Waals surface area (Å²) in [6, 6.07) is 11.0. The highest BCUT2D eigenvalue weighted by molar-refractivity contribution is 6.05. The number of piperidine rings is 2. The number of imide groups is 1. The Bertz CT molecular complexity index is 1140. The van der Waals surface area contributed by atoms with Crippen LogP contribution in [-0.4, -0.2) is 53.2 Å². The molecule has 2 saturated heterocycles. The molecule has 0 saturated carbocycles. The van der Waals surface area contributed by atoms with Gasteiger partial charge in [0.25, 0.3) is 5.91 Å². The van der Waals surface area contributed by atoms with Crippen molar-refractivity contribution in [2.45, 2.75) is 57.5 Å². The Kier molecular flexibility index (Phi) is 6.21. The van der Waals surface area contributed by atoms with Crippen molar-refractivity contribution in [2.75, 3.05) is 19.6 Å². The Labute approximate surface area is 199 Å². The van der Waals surface area contributed by atoms with Crippen LogP contribution in [-0.2, 0) is 22.6 Å². The van der Waals surface area contributed by atoms with Crippen LogP contribution in [0.5, 0.6) is 0 Å². The first-order valence-electron chi connectivity index (χ1n) is 12.1. The maximum absolute atomic E-state index is 15.1. The molecule has 0 aliphatic carbocycles. The van der Waals surface area contributed by atoms with Gasteiger partial charge in [-0.25, -0.2) is 4.39 Å². The number of amides is 3. The number of halogens is 1. The molecule has 3 aliphatic rings. The van der Waals surface area contributed by atoms with E-state index in [9.17, 15) is 14.4 Å². The molecule has 3 heterocycles. The van der Waals surface area contributed by atoms with Gasteiger partial charge in [-0.05, 0) is 79.9 Å². The lowest BCUT2D eigenvalue weighted by atomic mass is 9.87. The molecule has 0 bridgehead atoms. The molecular formula is C27H30FN3O3. The highest BCUT2D eigenvalue weighted by Gasteiger charge is 2.40. The molecule has 0 aromatic heterocycles. The number of hydrogen-bond acceptors (Lipinski definition) is 4. The Morgan fingerprint density at radius 2 is 1.82 bits per heavy atom. The molecular weight excluding hydrogens is 433 g/mol. The Balaban J connectivity index is 1.23. The summed E-state index contributed by atoms with van der Waals surface area (Å²) in [7, 11) is 0. The number of carbonyl (C=O) groups is 3. The normalized spacial score (nSPS) is 21.6. The first kappa shape index (κ1) is 22.7. The summed E-state index contributed by atoms with van der Waals surface area (Å²) < 4.78 is 15.1. The summed E-state index contributed by atoms with van der Waals surface area (Å²) in [5.74, 6) is -1.31. The van der Waals surface area contributed by atoms with E-state index >= 15 is 4.39 Å². The maximum atomic E-state index is 15.1. The summed E-state index contributed by atoms with van der Waals surface area (Å²) in [6.07, 6.45) is 3.30. The number of aryl methyl sites for hydroxylation is 1. The van der Waals surface area contributed by atoms with Crippen molar-refractivity contribution in [3.63, 3.8) is 0 Å². The van der Waals surface area contributed by atoms with Gasteiger partial charge >= 0.3 is 0 Å². The second kappa shape index (κ2) is 9.29. The van der Waals surface area contributed by atoms with E-state index in [1.165, 1.54) is 22.1 Å². The number of nitrogens with zero attached hydrogens (tertiary/aromatic N) is 2. The molecule has 2 fully saturated rings. The van der Waals surface area contributed by atoms with Crippen molar-refractivity contribution in [1.29, 1.82) is 0 Å². The number of likely N-dealkylation sites (tertiary alicyclic amines) is 1. The van der Waals surface area contributed by atoms with Gasteiger partial charge in [-0.3, -0.25) is 19.7 Å². The standard InChI is InChI=1S/C27H30FN3O3/c1-17-4-2-3-5-18(17)8-11-30-12-9-19(10-13-30)21-14-20-16-31(27(34)22(20)15-23(21)28)24-6-7-25(32)29-26(24)33/h2-5,14-15,19,24H,6-13,16H2,1H3,(H,29,32,33). The number of fused-ring (bicyclic) bond motifs is 1. The molecule has 5 rings (SSSR count). The van der Waals surface area contributed by atoms with Crippen molar-refractivity contribution >= 4 is 17.7 Å². The van der Waals surface area contributed by atoms with Gasteiger partial charge in [0, 0.05) is 25.1 Å². The van der Waals surface area contributed by atoms with Crippen LogP contribution in [0, 0.1) is 12.7 Å². The highest BCUT2D eigenvalue weighted by atomic mass is 19.1. The molecule has 178 valence electrons.